The van der Waals surface area contributed by atoms with E-state index in [-0.39, 0.29) is 12.3 Å². The molecule has 0 bridgehead atoms. The van der Waals surface area contributed by atoms with Gasteiger partial charge in [0.05, 0.1) is 6.04 Å². The molecule has 106 valence electrons. The fourth-order valence-corrected chi connectivity index (χ4v) is 2.87. The van der Waals surface area contributed by atoms with E-state index in [9.17, 15) is 5.11 Å². The summed E-state index contributed by atoms with van der Waals surface area (Å²) in [6.07, 6.45) is 3.02. The lowest BCUT2D eigenvalue weighted by Crippen LogP contribution is -2.42. The third-order valence-electron chi connectivity index (χ3n) is 3.78. The number of rotatable bonds is 5. The van der Waals surface area contributed by atoms with Gasteiger partial charge in [0, 0.05) is 20.3 Å². The van der Waals surface area contributed by atoms with Gasteiger partial charge in [-0.05, 0) is 49.4 Å². The Morgan fingerprint density at radius 2 is 2.05 bits per heavy atom. The zero-order valence-corrected chi connectivity index (χ0v) is 11.8. The van der Waals surface area contributed by atoms with Crippen molar-refractivity contribution in [2.24, 2.45) is 0 Å². The molecule has 2 rings (SSSR count). The number of hydrogen-bond donors (Lipinski definition) is 2. The van der Waals surface area contributed by atoms with E-state index in [4.69, 9.17) is 9.47 Å². The molecule has 0 aromatic heterocycles. The Balaban J connectivity index is 2.11. The van der Waals surface area contributed by atoms with Crippen LogP contribution in [0.4, 0.5) is 0 Å². The maximum Gasteiger partial charge on any atom is 0.171 e. The van der Waals surface area contributed by atoms with Gasteiger partial charge in [0.25, 0.3) is 0 Å². The number of fused-ring (bicyclic) bond motifs is 1. The Kier molecular flexibility index (Phi) is 4.80. The molecular formula is C15H23NO3. The highest BCUT2D eigenvalue weighted by atomic mass is 16.7. The molecule has 1 aliphatic rings. The molecule has 1 aliphatic carbocycles. The van der Waals surface area contributed by atoms with Gasteiger partial charge in [0.2, 0.25) is 0 Å². The summed E-state index contributed by atoms with van der Waals surface area (Å²) in [5, 5.41) is 13.1. The Bertz CT molecular complexity index is 418. The van der Waals surface area contributed by atoms with Crippen LogP contribution in [0.3, 0.4) is 0 Å². The third-order valence-corrected chi connectivity index (χ3v) is 3.78. The minimum absolute atomic E-state index is 0.111. The smallest absolute Gasteiger partial charge is 0.171 e. The fourth-order valence-electron chi connectivity index (χ4n) is 2.87. The molecule has 4 nitrogen and oxygen atoms in total. The van der Waals surface area contributed by atoms with Crippen molar-refractivity contribution in [1.29, 1.82) is 0 Å². The average molecular weight is 265 g/mol. The first kappa shape index (κ1) is 14.3. The average Bonchev–Trinajstić information content (AvgIpc) is 2.40. The maximum atomic E-state index is 9.56. The summed E-state index contributed by atoms with van der Waals surface area (Å²) in [5.41, 5.74) is 2.52. The summed E-state index contributed by atoms with van der Waals surface area (Å²) < 4.78 is 10.6. The monoisotopic (exact) mass is 265 g/mol. The van der Waals surface area contributed by atoms with Crippen LogP contribution in [0.15, 0.2) is 18.2 Å². The predicted octanol–water partition coefficient (Wildman–Crippen LogP) is 2.37. The van der Waals surface area contributed by atoms with Crippen molar-refractivity contribution in [1.82, 2.24) is 5.32 Å². The Morgan fingerprint density at radius 1 is 1.32 bits per heavy atom. The molecule has 0 saturated heterocycles. The number of benzene rings is 1. The second kappa shape index (κ2) is 6.37. The van der Waals surface area contributed by atoms with Crippen LogP contribution in [0.5, 0.6) is 5.75 Å². The van der Waals surface area contributed by atoms with Gasteiger partial charge < -0.3 is 19.9 Å². The highest BCUT2D eigenvalue weighted by Crippen LogP contribution is 2.32. The first-order valence-corrected chi connectivity index (χ1v) is 6.79. The van der Waals surface area contributed by atoms with Crippen LogP contribution >= 0.6 is 0 Å². The van der Waals surface area contributed by atoms with Crippen molar-refractivity contribution in [2.75, 3.05) is 14.2 Å². The highest BCUT2D eigenvalue weighted by Gasteiger charge is 2.25. The molecule has 1 aromatic rings. The van der Waals surface area contributed by atoms with E-state index in [1.807, 2.05) is 12.1 Å². The SMILES string of the molecule is COC(OC)C(C)NC1CCCc2cc(O)ccc21. The molecule has 0 aliphatic heterocycles. The summed E-state index contributed by atoms with van der Waals surface area (Å²) in [4.78, 5) is 0. The molecule has 0 fully saturated rings. The molecule has 2 atom stereocenters. The number of phenolic OH excluding ortho intramolecular Hbond substituents is 1. The Labute approximate surface area is 114 Å². The van der Waals surface area contributed by atoms with E-state index in [0.717, 1.165) is 19.3 Å². The van der Waals surface area contributed by atoms with E-state index >= 15 is 0 Å². The van der Waals surface area contributed by atoms with E-state index < -0.39 is 0 Å². The molecule has 0 heterocycles. The van der Waals surface area contributed by atoms with E-state index in [1.54, 1.807) is 20.3 Å². The zero-order chi connectivity index (χ0) is 13.8. The van der Waals surface area contributed by atoms with Gasteiger partial charge in [0.15, 0.2) is 6.29 Å². The lowest BCUT2D eigenvalue weighted by molar-refractivity contribution is -0.121. The van der Waals surface area contributed by atoms with Crippen molar-refractivity contribution in [2.45, 2.75) is 44.6 Å². The second-order valence-electron chi connectivity index (χ2n) is 5.12. The van der Waals surface area contributed by atoms with Crippen molar-refractivity contribution < 1.29 is 14.6 Å². The Morgan fingerprint density at radius 3 is 2.74 bits per heavy atom. The van der Waals surface area contributed by atoms with Crippen LogP contribution < -0.4 is 5.32 Å². The van der Waals surface area contributed by atoms with Gasteiger partial charge in [-0.15, -0.1) is 0 Å². The molecule has 0 saturated carbocycles. The van der Waals surface area contributed by atoms with Crippen LogP contribution in [-0.2, 0) is 15.9 Å². The number of hydrogen-bond acceptors (Lipinski definition) is 4. The lowest BCUT2D eigenvalue weighted by Gasteiger charge is -2.31. The van der Waals surface area contributed by atoms with Gasteiger partial charge in [-0.3, -0.25) is 0 Å². The first-order valence-electron chi connectivity index (χ1n) is 6.79. The molecule has 0 spiro atoms. The number of ether oxygens (including phenoxy) is 2. The predicted molar refractivity (Wildman–Crippen MR) is 74.2 cm³/mol. The second-order valence-corrected chi connectivity index (χ2v) is 5.12. The normalized spacial score (nSPS) is 20.3. The molecular weight excluding hydrogens is 242 g/mol. The molecule has 4 heteroatoms. The Hall–Kier alpha value is -1.10. The van der Waals surface area contributed by atoms with Crippen molar-refractivity contribution >= 4 is 0 Å². The van der Waals surface area contributed by atoms with Crippen LogP contribution in [0.25, 0.3) is 0 Å². The largest absolute Gasteiger partial charge is 0.508 e. The summed E-state index contributed by atoms with van der Waals surface area (Å²) in [6.45, 7) is 2.06. The van der Waals surface area contributed by atoms with Crippen LogP contribution in [0, 0.1) is 0 Å². The molecule has 0 amide bonds. The van der Waals surface area contributed by atoms with E-state index in [2.05, 4.69) is 12.2 Å². The number of phenols is 1. The summed E-state index contributed by atoms with van der Waals surface area (Å²) in [6, 6.07) is 6.06. The van der Waals surface area contributed by atoms with Crippen LogP contribution in [0.2, 0.25) is 0 Å². The zero-order valence-electron chi connectivity index (χ0n) is 11.8. The quantitative estimate of drug-likeness (QED) is 0.803. The fraction of sp³-hybridized carbons (Fsp3) is 0.600. The maximum absolute atomic E-state index is 9.56. The van der Waals surface area contributed by atoms with Crippen LogP contribution in [0.1, 0.15) is 36.9 Å². The van der Waals surface area contributed by atoms with Crippen molar-refractivity contribution in [3.8, 4) is 5.75 Å². The lowest BCUT2D eigenvalue weighted by atomic mass is 9.87. The molecule has 19 heavy (non-hydrogen) atoms. The number of aromatic hydroxyl groups is 1. The van der Waals surface area contributed by atoms with Gasteiger partial charge in [-0.25, -0.2) is 0 Å². The molecule has 2 unspecified atom stereocenters. The standard InChI is InChI=1S/C15H23NO3/c1-10(15(18-2)19-3)16-14-6-4-5-11-9-12(17)7-8-13(11)14/h7-10,14-17H,4-6H2,1-3H3. The van der Waals surface area contributed by atoms with Crippen molar-refractivity contribution in [3.63, 3.8) is 0 Å². The summed E-state index contributed by atoms with van der Waals surface area (Å²) >= 11 is 0. The molecule has 1 aromatic carbocycles. The third kappa shape index (κ3) is 3.26. The van der Waals surface area contributed by atoms with Gasteiger partial charge in [-0.2, -0.15) is 0 Å². The van der Waals surface area contributed by atoms with Crippen molar-refractivity contribution in [3.05, 3.63) is 29.3 Å². The van der Waals surface area contributed by atoms with Gasteiger partial charge >= 0.3 is 0 Å². The first-order chi connectivity index (χ1) is 9.15. The molecule has 2 N–H and O–H groups in total. The van der Waals surface area contributed by atoms with Gasteiger partial charge in [0.1, 0.15) is 5.75 Å². The minimum atomic E-state index is -0.248. The molecule has 0 radical (unpaired) electrons. The topological polar surface area (TPSA) is 50.7 Å². The number of aryl methyl sites for hydroxylation is 1. The van der Waals surface area contributed by atoms with E-state index in [1.165, 1.54) is 11.1 Å². The summed E-state index contributed by atoms with van der Waals surface area (Å²) in [5.74, 6) is 0.346. The minimum Gasteiger partial charge on any atom is -0.508 e. The number of nitrogens with one attached hydrogen (secondary N) is 1. The highest BCUT2D eigenvalue weighted by molar-refractivity contribution is 5.38. The van der Waals surface area contributed by atoms with Crippen LogP contribution in [-0.4, -0.2) is 31.7 Å². The number of methoxy groups -OCH3 is 2. The van der Waals surface area contributed by atoms with E-state index in [0.29, 0.717) is 11.8 Å². The van der Waals surface area contributed by atoms with Gasteiger partial charge in [-0.1, -0.05) is 6.07 Å². The summed E-state index contributed by atoms with van der Waals surface area (Å²) in [7, 11) is 3.30.